The van der Waals surface area contributed by atoms with Crippen molar-refractivity contribution in [1.82, 2.24) is 0 Å². The summed E-state index contributed by atoms with van der Waals surface area (Å²) < 4.78 is 5.70. The van der Waals surface area contributed by atoms with Gasteiger partial charge in [0, 0.05) is 12.2 Å². The summed E-state index contributed by atoms with van der Waals surface area (Å²) in [5.41, 5.74) is 7.36. The summed E-state index contributed by atoms with van der Waals surface area (Å²) in [4.78, 5) is 11.9. The number of hydrogen-bond acceptors (Lipinski definition) is 3. The third-order valence-corrected chi connectivity index (χ3v) is 3.92. The third-order valence-electron chi connectivity index (χ3n) is 3.92. The summed E-state index contributed by atoms with van der Waals surface area (Å²) in [5, 5.41) is 2.87. The molecule has 1 aromatic carbocycles. The van der Waals surface area contributed by atoms with Gasteiger partial charge in [0.15, 0.2) is 0 Å². The molecule has 1 aromatic rings. The van der Waals surface area contributed by atoms with Crippen molar-refractivity contribution in [2.45, 2.75) is 45.3 Å². The average Bonchev–Trinajstić information content (AvgIpc) is 2.47. The molecule has 1 aliphatic rings. The largest absolute Gasteiger partial charge is 0.368 e. The number of nitrogens with two attached hydrogens (primary N) is 1. The molecular weight excluding hydrogens is 252 g/mol. The van der Waals surface area contributed by atoms with Gasteiger partial charge in [-0.3, -0.25) is 4.79 Å². The number of carbonyl (C=O) groups is 1. The smallest absolute Gasteiger partial charge is 0.250 e. The quantitative estimate of drug-likeness (QED) is 0.869. The second kappa shape index (κ2) is 7.41. The van der Waals surface area contributed by atoms with Crippen molar-refractivity contribution >= 4 is 11.6 Å². The number of benzene rings is 1. The van der Waals surface area contributed by atoms with Gasteiger partial charge < -0.3 is 15.8 Å². The first-order valence-corrected chi connectivity index (χ1v) is 7.38. The van der Waals surface area contributed by atoms with Gasteiger partial charge in [-0.2, -0.15) is 0 Å². The second-order valence-electron chi connectivity index (χ2n) is 5.60. The van der Waals surface area contributed by atoms with E-state index in [2.05, 4.69) is 12.2 Å². The SMILES string of the molecule is CC1CCC(OCC(=O)Nc2ccccc2CN)CC1. The Hall–Kier alpha value is -1.39. The molecule has 3 N–H and O–H groups in total. The second-order valence-corrected chi connectivity index (χ2v) is 5.60. The zero-order valence-corrected chi connectivity index (χ0v) is 12.1. The molecule has 0 atom stereocenters. The van der Waals surface area contributed by atoms with Crippen LogP contribution in [0.2, 0.25) is 0 Å². The molecule has 0 aromatic heterocycles. The van der Waals surface area contributed by atoms with Gasteiger partial charge in [-0.25, -0.2) is 0 Å². The molecule has 0 spiro atoms. The minimum absolute atomic E-state index is 0.107. The Morgan fingerprint density at radius 2 is 2.00 bits per heavy atom. The predicted molar refractivity (Wildman–Crippen MR) is 80.3 cm³/mol. The van der Waals surface area contributed by atoms with E-state index >= 15 is 0 Å². The van der Waals surface area contributed by atoms with Gasteiger partial charge in [0.2, 0.25) is 5.91 Å². The first kappa shape index (κ1) is 15.0. The summed E-state index contributed by atoms with van der Waals surface area (Å²) in [6.45, 7) is 2.81. The molecule has 0 unspecified atom stereocenters. The topological polar surface area (TPSA) is 64.3 Å². The molecule has 2 rings (SSSR count). The first-order valence-electron chi connectivity index (χ1n) is 7.38. The fourth-order valence-electron chi connectivity index (χ4n) is 2.60. The van der Waals surface area contributed by atoms with Crippen LogP contribution in [0, 0.1) is 5.92 Å². The molecule has 20 heavy (non-hydrogen) atoms. The molecule has 0 heterocycles. The Morgan fingerprint density at radius 3 is 2.70 bits per heavy atom. The van der Waals surface area contributed by atoms with Crippen LogP contribution in [0.25, 0.3) is 0 Å². The van der Waals surface area contributed by atoms with Gasteiger partial charge in [-0.1, -0.05) is 25.1 Å². The summed E-state index contributed by atoms with van der Waals surface area (Å²) in [6, 6.07) is 7.58. The highest BCUT2D eigenvalue weighted by atomic mass is 16.5. The summed E-state index contributed by atoms with van der Waals surface area (Å²) in [6.07, 6.45) is 4.76. The lowest BCUT2D eigenvalue weighted by atomic mass is 9.89. The number of para-hydroxylation sites is 1. The summed E-state index contributed by atoms with van der Waals surface area (Å²) >= 11 is 0. The molecule has 0 aliphatic heterocycles. The van der Waals surface area contributed by atoms with E-state index in [9.17, 15) is 4.79 Å². The van der Waals surface area contributed by atoms with Crippen molar-refractivity contribution < 1.29 is 9.53 Å². The van der Waals surface area contributed by atoms with Crippen LogP contribution in [0.1, 0.15) is 38.2 Å². The fraction of sp³-hybridized carbons (Fsp3) is 0.562. The Balaban J connectivity index is 1.78. The highest BCUT2D eigenvalue weighted by molar-refractivity contribution is 5.92. The van der Waals surface area contributed by atoms with Crippen LogP contribution in [-0.2, 0) is 16.1 Å². The van der Waals surface area contributed by atoms with Crippen LogP contribution >= 0.6 is 0 Å². The lowest BCUT2D eigenvalue weighted by Gasteiger charge is -2.26. The Labute approximate surface area is 120 Å². The number of carbonyl (C=O) groups excluding carboxylic acids is 1. The predicted octanol–water partition coefficient (Wildman–Crippen LogP) is 2.68. The van der Waals surface area contributed by atoms with E-state index in [-0.39, 0.29) is 18.6 Å². The molecule has 1 fully saturated rings. The minimum Gasteiger partial charge on any atom is -0.368 e. The number of rotatable bonds is 5. The number of ether oxygens (including phenoxy) is 1. The fourth-order valence-corrected chi connectivity index (χ4v) is 2.60. The van der Waals surface area contributed by atoms with Crippen molar-refractivity contribution in [2.24, 2.45) is 11.7 Å². The van der Waals surface area contributed by atoms with E-state index in [4.69, 9.17) is 10.5 Å². The van der Waals surface area contributed by atoms with Crippen LogP contribution in [0.5, 0.6) is 0 Å². The van der Waals surface area contributed by atoms with Crippen molar-refractivity contribution in [3.63, 3.8) is 0 Å². The lowest BCUT2D eigenvalue weighted by molar-refractivity contribution is -0.123. The molecule has 1 saturated carbocycles. The Kier molecular flexibility index (Phi) is 5.56. The van der Waals surface area contributed by atoms with E-state index < -0.39 is 0 Å². The number of anilines is 1. The van der Waals surface area contributed by atoms with Gasteiger partial charge in [0.1, 0.15) is 6.61 Å². The van der Waals surface area contributed by atoms with Crippen LogP contribution in [0.3, 0.4) is 0 Å². The van der Waals surface area contributed by atoms with Crippen molar-refractivity contribution in [1.29, 1.82) is 0 Å². The lowest BCUT2D eigenvalue weighted by Crippen LogP contribution is -2.26. The maximum atomic E-state index is 11.9. The summed E-state index contributed by atoms with van der Waals surface area (Å²) in [7, 11) is 0. The highest BCUT2D eigenvalue weighted by Crippen LogP contribution is 2.25. The van der Waals surface area contributed by atoms with Crippen molar-refractivity contribution in [3.8, 4) is 0 Å². The Morgan fingerprint density at radius 1 is 1.30 bits per heavy atom. The summed E-state index contributed by atoms with van der Waals surface area (Å²) in [5.74, 6) is 0.685. The molecule has 0 bridgehead atoms. The highest BCUT2D eigenvalue weighted by Gasteiger charge is 2.19. The van der Waals surface area contributed by atoms with Gasteiger partial charge in [-0.15, -0.1) is 0 Å². The number of amides is 1. The van der Waals surface area contributed by atoms with Crippen LogP contribution in [0.4, 0.5) is 5.69 Å². The maximum Gasteiger partial charge on any atom is 0.250 e. The zero-order valence-electron chi connectivity index (χ0n) is 12.1. The molecule has 4 nitrogen and oxygen atoms in total. The van der Waals surface area contributed by atoms with Crippen LogP contribution in [0.15, 0.2) is 24.3 Å². The standard InChI is InChI=1S/C16H24N2O2/c1-12-6-8-14(9-7-12)20-11-16(19)18-15-5-3-2-4-13(15)10-17/h2-5,12,14H,6-11,17H2,1H3,(H,18,19). The molecule has 4 heteroatoms. The molecule has 0 radical (unpaired) electrons. The van der Waals surface area contributed by atoms with E-state index in [1.165, 1.54) is 12.8 Å². The maximum absolute atomic E-state index is 11.9. The van der Waals surface area contributed by atoms with Crippen molar-refractivity contribution in [3.05, 3.63) is 29.8 Å². The molecule has 110 valence electrons. The van der Waals surface area contributed by atoms with Gasteiger partial charge in [0.25, 0.3) is 0 Å². The van der Waals surface area contributed by atoms with Crippen molar-refractivity contribution in [2.75, 3.05) is 11.9 Å². The van der Waals surface area contributed by atoms with Crippen LogP contribution < -0.4 is 11.1 Å². The van der Waals surface area contributed by atoms with E-state index in [1.807, 2.05) is 24.3 Å². The van der Waals surface area contributed by atoms with E-state index in [0.717, 1.165) is 30.0 Å². The zero-order chi connectivity index (χ0) is 14.4. The number of hydrogen-bond donors (Lipinski definition) is 2. The monoisotopic (exact) mass is 276 g/mol. The Bertz CT molecular complexity index is 440. The molecular formula is C16H24N2O2. The molecule has 1 aliphatic carbocycles. The van der Waals surface area contributed by atoms with E-state index in [0.29, 0.717) is 6.54 Å². The first-order chi connectivity index (χ1) is 9.69. The number of nitrogens with one attached hydrogen (secondary N) is 1. The van der Waals surface area contributed by atoms with E-state index in [1.54, 1.807) is 0 Å². The van der Waals surface area contributed by atoms with Gasteiger partial charge in [0.05, 0.1) is 6.10 Å². The minimum atomic E-state index is -0.107. The van der Waals surface area contributed by atoms with Gasteiger partial charge >= 0.3 is 0 Å². The third kappa shape index (κ3) is 4.32. The van der Waals surface area contributed by atoms with Crippen LogP contribution in [-0.4, -0.2) is 18.6 Å². The normalized spacial score (nSPS) is 22.5. The molecule has 1 amide bonds. The van der Waals surface area contributed by atoms with Gasteiger partial charge in [-0.05, 0) is 43.2 Å². The average molecular weight is 276 g/mol. The molecule has 0 saturated heterocycles.